The zero-order chi connectivity index (χ0) is 25.4. The van der Waals surface area contributed by atoms with E-state index in [9.17, 15) is 9.59 Å². The molecule has 1 aromatic carbocycles. The molecule has 186 valence electrons. The number of anilines is 1. The summed E-state index contributed by atoms with van der Waals surface area (Å²) < 4.78 is 1.92. The van der Waals surface area contributed by atoms with E-state index >= 15 is 0 Å². The highest BCUT2D eigenvalue weighted by Gasteiger charge is 2.27. The predicted molar refractivity (Wildman–Crippen MR) is 148 cm³/mol. The second-order valence-electron chi connectivity index (χ2n) is 9.07. The average Bonchev–Trinajstić information content (AvgIpc) is 3.52. The fourth-order valence-corrected chi connectivity index (χ4v) is 7.66. The third-order valence-corrected chi connectivity index (χ3v) is 9.56. The van der Waals surface area contributed by atoms with Crippen LogP contribution in [0.3, 0.4) is 0 Å². The van der Waals surface area contributed by atoms with Gasteiger partial charge in [0.2, 0.25) is 5.91 Å². The number of primary amides is 1. The Morgan fingerprint density at radius 3 is 2.78 bits per heavy atom. The van der Waals surface area contributed by atoms with Gasteiger partial charge < -0.3 is 15.6 Å². The van der Waals surface area contributed by atoms with Crippen LogP contribution >= 0.6 is 34.4 Å². The highest BCUT2D eigenvalue weighted by molar-refractivity contribution is 7.99. The highest BCUT2D eigenvalue weighted by Crippen LogP contribution is 2.40. The Morgan fingerprint density at radius 2 is 2.03 bits per heavy atom. The Morgan fingerprint density at radius 1 is 1.25 bits per heavy atom. The van der Waals surface area contributed by atoms with Crippen LogP contribution in [0.15, 0.2) is 40.9 Å². The van der Waals surface area contributed by atoms with Crippen molar-refractivity contribution in [1.29, 1.82) is 0 Å². The number of hydrogen-bond acceptors (Lipinski definition) is 7. The maximum absolute atomic E-state index is 12.8. The molecular formula is C26H27N5O2S3. The van der Waals surface area contributed by atoms with Crippen LogP contribution in [-0.4, -0.2) is 32.3 Å². The van der Waals surface area contributed by atoms with Crippen molar-refractivity contribution in [3.8, 4) is 22.5 Å². The van der Waals surface area contributed by atoms with Crippen LogP contribution in [0, 0.1) is 12.8 Å². The van der Waals surface area contributed by atoms with E-state index in [0.717, 1.165) is 52.2 Å². The van der Waals surface area contributed by atoms with Crippen molar-refractivity contribution >= 4 is 51.3 Å². The summed E-state index contributed by atoms with van der Waals surface area (Å²) in [5, 5.41) is 15.0. The van der Waals surface area contributed by atoms with Gasteiger partial charge in [-0.1, -0.05) is 49.0 Å². The minimum atomic E-state index is -0.483. The Balaban J connectivity index is 1.32. The molecule has 1 unspecified atom stereocenters. The molecule has 0 radical (unpaired) electrons. The molecule has 10 heteroatoms. The maximum Gasteiger partial charge on any atom is 0.251 e. The number of nitrogens with two attached hydrogens (primary N) is 1. The monoisotopic (exact) mass is 537 g/mol. The predicted octanol–water partition coefficient (Wildman–Crippen LogP) is 5.54. The van der Waals surface area contributed by atoms with Crippen LogP contribution in [0.5, 0.6) is 0 Å². The number of thioether (sulfide) groups is 1. The number of thiophene rings is 2. The molecular weight excluding hydrogens is 511 g/mol. The van der Waals surface area contributed by atoms with E-state index in [1.807, 2.05) is 29.8 Å². The van der Waals surface area contributed by atoms with Gasteiger partial charge in [0.15, 0.2) is 11.0 Å². The van der Waals surface area contributed by atoms with E-state index in [-0.39, 0.29) is 11.7 Å². The van der Waals surface area contributed by atoms with E-state index < -0.39 is 5.91 Å². The summed E-state index contributed by atoms with van der Waals surface area (Å²) in [7, 11) is 1.91. The fourth-order valence-electron chi connectivity index (χ4n) is 4.65. The van der Waals surface area contributed by atoms with E-state index in [4.69, 9.17) is 5.73 Å². The summed E-state index contributed by atoms with van der Waals surface area (Å²) in [6, 6.07) is 10.3. The molecule has 5 rings (SSSR count). The smallest absolute Gasteiger partial charge is 0.251 e. The summed E-state index contributed by atoms with van der Waals surface area (Å²) in [5.74, 6) is 0.795. The van der Waals surface area contributed by atoms with Crippen molar-refractivity contribution in [2.45, 2.75) is 38.3 Å². The first-order valence-corrected chi connectivity index (χ1v) is 14.4. The molecule has 7 nitrogen and oxygen atoms in total. The van der Waals surface area contributed by atoms with Crippen molar-refractivity contribution < 1.29 is 9.59 Å². The molecule has 0 bridgehead atoms. The SMILES string of the molecule is Cc1scc(-c2nnc(SCC(=O)Nc3sc4c(c3C(N)=O)CCC(C)C4)n2C)c1-c1ccccc1. The number of aromatic nitrogens is 3. The quantitative estimate of drug-likeness (QED) is 0.302. The van der Waals surface area contributed by atoms with Crippen molar-refractivity contribution in [3.63, 3.8) is 0 Å². The van der Waals surface area contributed by atoms with Gasteiger partial charge in [0, 0.05) is 33.3 Å². The lowest BCUT2D eigenvalue weighted by Gasteiger charge is -2.18. The van der Waals surface area contributed by atoms with Crippen molar-refractivity contribution in [2.24, 2.45) is 18.7 Å². The zero-order valence-electron chi connectivity index (χ0n) is 20.3. The van der Waals surface area contributed by atoms with Gasteiger partial charge in [-0.25, -0.2) is 0 Å². The minimum absolute atomic E-state index is 0.150. The lowest BCUT2D eigenvalue weighted by molar-refractivity contribution is -0.113. The first-order valence-electron chi connectivity index (χ1n) is 11.7. The molecule has 1 atom stereocenters. The number of amides is 2. The number of fused-ring (bicyclic) bond motifs is 1. The van der Waals surface area contributed by atoms with Gasteiger partial charge in [0.05, 0.1) is 11.3 Å². The molecule has 3 heterocycles. The molecule has 0 saturated carbocycles. The van der Waals surface area contributed by atoms with Crippen LogP contribution in [0.1, 0.15) is 39.0 Å². The average molecular weight is 538 g/mol. The number of aryl methyl sites for hydroxylation is 1. The first-order chi connectivity index (χ1) is 17.3. The zero-order valence-corrected chi connectivity index (χ0v) is 22.8. The molecule has 4 aromatic rings. The Labute approximate surface area is 222 Å². The minimum Gasteiger partial charge on any atom is -0.365 e. The van der Waals surface area contributed by atoms with Gasteiger partial charge in [-0.2, -0.15) is 0 Å². The standard InChI is InChI=1S/C26H27N5O2S3/c1-14-9-10-17-19(11-14)36-25(22(17)23(27)33)28-20(32)13-35-26-30-29-24(31(26)3)18-12-34-15(2)21(18)16-7-5-4-6-8-16/h4-8,12,14H,9-11,13H2,1-3H3,(H2,27,33)(H,28,32). The topological polar surface area (TPSA) is 103 Å². The number of carbonyl (C=O) groups excluding carboxylic acids is 2. The van der Waals surface area contributed by atoms with Gasteiger partial charge in [-0.05, 0) is 43.2 Å². The van der Waals surface area contributed by atoms with Gasteiger partial charge in [-0.3, -0.25) is 9.59 Å². The normalized spacial score (nSPS) is 15.0. The third-order valence-electron chi connectivity index (χ3n) is 6.46. The maximum atomic E-state index is 12.8. The summed E-state index contributed by atoms with van der Waals surface area (Å²) in [6.07, 6.45) is 2.77. The van der Waals surface area contributed by atoms with Crippen molar-refractivity contribution in [3.05, 3.63) is 56.6 Å². The lowest BCUT2D eigenvalue weighted by Crippen LogP contribution is -2.20. The number of nitrogens with zero attached hydrogens (tertiary/aromatic N) is 3. The highest BCUT2D eigenvalue weighted by atomic mass is 32.2. The number of rotatable bonds is 7. The number of benzene rings is 1. The lowest BCUT2D eigenvalue weighted by atomic mass is 9.88. The largest absolute Gasteiger partial charge is 0.365 e. The molecule has 0 spiro atoms. The molecule has 3 aromatic heterocycles. The summed E-state index contributed by atoms with van der Waals surface area (Å²) >= 11 is 4.48. The van der Waals surface area contributed by atoms with Crippen LogP contribution in [0.4, 0.5) is 5.00 Å². The number of carbonyl (C=O) groups is 2. The summed E-state index contributed by atoms with van der Waals surface area (Å²) in [5.41, 5.74) is 10.5. The first kappa shape index (κ1) is 24.7. The second kappa shape index (κ2) is 10.2. The second-order valence-corrected chi connectivity index (χ2v) is 12.2. The van der Waals surface area contributed by atoms with Crippen molar-refractivity contribution in [2.75, 3.05) is 11.1 Å². The van der Waals surface area contributed by atoms with Crippen LogP contribution in [0.25, 0.3) is 22.5 Å². The van der Waals surface area contributed by atoms with E-state index in [0.29, 0.717) is 21.6 Å². The van der Waals surface area contributed by atoms with Crippen LogP contribution < -0.4 is 11.1 Å². The molecule has 0 fully saturated rings. The van der Waals surface area contributed by atoms with Crippen molar-refractivity contribution in [1.82, 2.24) is 14.8 Å². The number of nitrogens with one attached hydrogen (secondary N) is 1. The molecule has 3 N–H and O–H groups in total. The Bertz CT molecular complexity index is 1440. The molecule has 2 amide bonds. The summed E-state index contributed by atoms with van der Waals surface area (Å²) in [6.45, 7) is 4.31. The van der Waals surface area contributed by atoms with Gasteiger partial charge >= 0.3 is 0 Å². The Kier molecular flexibility index (Phi) is 7.00. The Hall–Kier alpha value is -2.95. The molecule has 36 heavy (non-hydrogen) atoms. The summed E-state index contributed by atoms with van der Waals surface area (Å²) in [4.78, 5) is 27.4. The number of hydrogen-bond donors (Lipinski definition) is 2. The van der Waals surface area contributed by atoms with Crippen LogP contribution in [0.2, 0.25) is 0 Å². The third kappa shape index (κ3) is 4.72. The molecule has 0 aliphatic heterocycles. The van der Waals surface area contributed by atoms with E-state index in [2.05, 4.69) is 46.9 Å². The van der Waals surface area contributed by atoms with Gasteiger partial charge in [-0.15, -0.1) is 32.9 Å². The molecule has 0 saturated heterocycles. The molecule has 1 aliphatic rings. The molecule has 1 aliphatic carbocycles. The fraction of sp³-hybridized carbons (Fsp3) is 0.308. The van der Waals surface area contributed by atoms with Gasteiger partial charge in [0.1, 0.15) is 5.00 Å². The van der Waals surface area contributed by atoms with E-state index in [1.165, 1.54) is 28.0 Å². The van der Waals surface area contributed by atoms with Crippen LogP contribution in [-0.2, 0) is 24.7 Å². The van der Waals surface area contributed by atoms with Gasteiger partial charge in [0.25, 0.3) is 5.91 Å². The van der Waals surface area contributed by atoms with E-state index in [1.54, 1.807) is 11.3 Å².